The van der Waals surface area contributed by atoms with Crippen molar-refractivity contribution in [2.75, 3.05) is 6.61 Å². The van der Waals surface area contributed by atoms with E-state index in [2.05, 4.69) is 5.16 Å². The lowest BCUT2D eigenvalue weighted by molar-refractivity contribution is -0.112. The summed E-state index contributed by atoms with van der Waals surface area (Å²) in [5, 5.41) is 11.5. The maximum Gasteiger partial charge on any atom is 0.266 e. The van der Waals surface area contributed by atoms with Gasteiger partial charge in [-0.05, 0) is 37.6 Å². The molecule has 1 amide bonds. The van der Waals surface area contributed by atoms with Gasteiger partial charge in [0.25, 0.3) is 5.91 Å². The molecule has 0 unspecified atom stereocenters. The molecule has 1 rings (SSSR count). The molecule has 102 valence electrons. The maximum atomic E-state index is 10.9. The van der Waals surface area contributed by atoms with Crippen LogP contribution in [0.4, 0.5) is 0 Å². The van der Waals surface area contributed by atoms with Crippen LogP contribution in [0.3, 0.4) is 0 Å². The Morgan fingerprint density at radius 1 is 1.37 bits per heavy atom. The first-order valence-corrected chi connectivity index (χ1v) is 5.88. The molecule has 0 aliphatic heterocycles. The Bertz CT molecular complexity index is 486. The number of amides is 1. The molecule has 0 saturated carbocycles. The number of oxime groups is 1. The summed E-state index contributed by atoms with van der Waals surface area (Å²) in [6, 6.07) is 7.19. The molecular weight excluding hydrogens is 244 g/mol. The summed E-state index contributed by atoms with van der Waals surface area (Å²) in [6.45, 7) is 4.53. The van der Waals surface area contributed by atoms with E-state index in [1.54, 1.807) is 24.3 Å². The first kappa shape index (κ1) is 14.8. The monoisotopic (exact) mass is 262 g/mol. The van der Waals surface area contributed by atoms with E-state index < -0.39 is 5.91 Å². The molecule has 3 N–H and O–H groups in total. The lowest BCUT2D eigenvalue weighted by Crippen LogP contribution is -2.25. The second-order valence-electron chi connectivity index (χ2n) is 4.32. The van der Waals surface area contributed by atoms with Gasteiger partial charge in [-0.1, -0.05) is 22.9 Å². The van der Waals surface area contributed by atoms with Gasteiger partial charge >= 0.3 is 0 Å². The molecule has 0 atom stereocenters. The van der Waals surface area contributed by atoms with Crippen LogP contribution in [0.1, 0.15) is 19.4 Å². The lowest BCUT2D eigenvalue weighted by Gasteiger charge is -2.05. The molecule has 1 aromatic rings. The fraction of sp³-hybridized carbons (Fsp3) is 0.286. The van der Waals surface area contributed by atoms with Crippen LogP contribution in [0, 0.1) is 0 Å². The fourth-order valence-corrected chi connectivity index (χ4v) is 1.37. The zero-order valence-corrected chi connectivity index (χ0v) is 11.1. The van der Waals surface area contributed by atoms with E-state index in [1.807, 2.05) is 19.9 Å². The molecule has 5 nitrogen and oxygen atoms in total. The highest BCUT2D eigenvalue weighted by atomic mass is 16.5. The van der Waals surface area contributed by atoms with Crippen LogP contribution in [-0.4, -0.2) is 23.4 Å². The van der Waals surface area contributed by atoms with Crippen molar-refractivity contribution in [3.8, 4) is 5.75 Å². The average Bonchev–Trinajstić information content (AvgIpc) is 2.37. The summed E-state index contributed by atoms with van der Waals surface area (Å²) < 4.78 is 5.50. The summed E-state index contributed by atoms with van der Waals surface area (Å²) in [6.07, 6.45) is 2.18. The van der Waals surface area contributed by atoms with Crippen molar-refractivity contribution in [3.63, 3.8) is 0 Å². The highest BCUT2D eigenvalue weighted by Crippen LogP contribution is 2.13. The summed E-state index contributed by atoms with van der Waals surface area (Å²) in [4.78, 5) is 10.9. The van der Waals surface area contributed by atoms with Crippen LogP contribution < -0.4 is 10.5 Å². The summed E-state index contributed by atoms with van der Waals surface area (Å²) in [5.41, 5.74) is 7.00. The second kappa shape index (κ2) is 7.20. The molecule has 0 aromatic heterocycles. The van der Waals surface area contributed by atoms with Gasteiger partial charge in [0.05, 0.1) is 0 Å². The maximum absolute atomic E-state index is 10.9. The number of primary amides is 1. The van der Waals surface area contributed by atoms with E-state index in [4.69, 9.17) is 15.7 Å². The number of carbonyl (C=O) groups is 1. The third-order valence-corrected chi connectivity index (χ3v) is 2.44. The Hall–Kier alpha value is -2.30. The number of benzene rings is 1. The van der Waals surface area contributed by atoms with Gasteiger partial charge in [-0.15, -0.1) is 0 Å². The Morgan fingerprint density at radius 2 is 2.00 bits per heavy atom. The minimum absolute atomic E-state index is 0.0711. The summed E-state index contributed by atoms with van der Waals surface area (Å²) in [5.74, 6) is 0.00852. The Balaban J connectivity index is 2.61. The normalized spacial score (nSPS) is 10.9. The fourth-order valence-electron chi connectivity index (χ4n) is 1.37. The molecule has 0 aliphatic carbocycles. The Kier molecular flexibility index (Phi) is 5.60. The van der Waals surface area contributed by atoms with Crippen LogP contribution in [-0.2, 0) is 11.2 Å². The van der Waals surface area contributed by atoms with Gasteiger partial charge in [-0.25, -0.2) is 0 Å². The van der Waals surface area contributed by atoms with E-state index in [9.17, 15) is 4.79 Å². The molecule has 0 bridgehead atoms. The smallest absolute Gasteiger partial charge is 0.266 e. The number of hydrogen-bond donors (Lipinski definition) is 2. The zero-order valence-electron chi connectivity index (χ0n) is 11.1. The van der Waals surface area contributed by atoms with Crippen LogP contribution in [0.5, 0.6) is 5.75 Å². The predicted octanol–water partition coefficient (Wildman–Crippen LogP) is 1.89. The second-order valence-corrected chi connectivity index (χ2v) is 4.32. The van der Waals surface area contributed by atoms with Crippen molar-refractivity contribution < 1.29 is 14.7 Å². The number of nitrogens with two attached hydrogens (primary N) is 1. The molecule has 0 aliphatic rings. The first-order valence-electron chi connectivity index (χ1n) is 5.88. The molecule has 0 fully saturated rings. The molecule has 0 radical (unpaired) electrons. The van der Waals surface area contributed by atoms with E-state index in [-0.39, 0.29) is 12.1 Å². The minimum Gasteiger partial charge on any atom is -0.490 e. The summed E-state index contributed by atoms with van der Waals surface area (Å²) in [7, 11) is 0. The van der Waals surface area contributed by atoms with Crippen molar-refractivity contribution in [2.45, 2.75) is 20.3 Å². The van der Waals surface area contributed by atoms with E-state index in [0.29, 0.717) is 6.61 Å². The lowest BCUT2D eigenvalue weighted by atomic mass is 10.1. The summed E-state index contributed by atoms with van der Waals surface area (Å²) >= 11 is 0. The standard InChI is InChI=1S/C14H18N2O3/c1-10(2)7-8-19-12-5-3-11(4-6-12)9-13(16-18)14(15)17/h3-7,18H,8-9H2,1-2H3,(H2,15,17). The molecule has 1 aromatic carbocycles. The predicted molar refractivity (Wildman–Crippen MR) is 73.5 cm³/mol. The molecular formula is C14H18N2O3. The Labute approximate surface area is 112 Å². The third kappa shape index (κ3) is 5.25. The van der Waals surface area contributed by atoms with Gasteiger partial charge in [0.2, 0.25) is 0 Å². The molecule has 19 heavy (non-hydrogen) atoms. The number of ether oxygens (including phenoxy) is 1. The number of allylic oxidation sites excluding steroid dienone is 1. The molecule has 0 saturated heterocycles. The number of rotatable bonds is 6. The van der Waals surface area contributed by atoms with E-state index >= 15 is 0 Å². The van der Waals surface area contributed by atoms with Crippen molar-refractivity contribution in [2.24, 2.45) is 10.9 Å². The topological polar surface area (TPSA) is 84.9 Å². The van der Waals surface area contributed by atoms with Gasteiger partial charge in [0.15, 0.2) is 0 Å². The molecule has 5 heteroatoms. The van der Waals surface area contributed by atoms with Crippen molar-refractivity contribution in [3.05, 3.63) is 41.5 Å². The quantitative estimate of drug-likeness (QED) is 0.355. The van der Waals surface area contributed by atoms with Crippen LogP contribution in [0.15, 0.2) is 41.1 Å². The van der Waals surface area contributed by atoms with E-state index in [1.165, 1.54) is 5.57 Å². The zero-order chi connectivity index (χ0) is 14.3. The Morgan fingerprint density at radius 3 is 2.47 bits per heavy atom. The number of hydrogen-bond acceptors (Lipinski definition) is 4. The van der Waals surface area contributed by atoms with Crippen molar-refractivity contribution in [1.82, 2.24) is 0 Å². The SMILES string of the molecule is CC(C)=CCOc1ccc(CC(=NO)C(N)=O)cc1. The molecule has 0 heterocycles. The first-order chi connectivity index (χ1) is 9.02. The number of nitrogens with zero attached hydrogens (tertiary/aromatic N) is 1. The van der Waals surface area contributed by atoms with Gasteiger partial charge in [0.1, 0.15) is 18.1 Å². The highest BCUT2D eigenvalue weighted by Gasteiger charge is 2.08. The molecule has 0 spiro atoms. The van der Waals surface area contributed by atoms with Crippen LogP contribution in [0.25, 0.3) is 0 Å². The average molecular weight is 262 g/mol. The number of carbonyl (C=O) groups excluding carboxylic acids is 1. The van der Waals surface area contributed by atoms with E-state index in [0.717, 1.165) is 11.3 Å². The third-order valence-electron chi connectivity index (χ3n) is 2.44. The van der Waals surface area contributed by atoms with Gasteiger partial charge in [0, 0.05) is 6.42 Å². The highest BCUT2D eigenvalue weighted by molar-refractivity contribution is 6.38. The van der Waals surface area contributed by atoms with Crippen LogP contribution >= 0.6 is 0 Å². The van der Waals surface area contributed by atoms with Crippen LogP contribution in [0.2, 0.25) is 0 Å². The van der Waals surface area contributed by atoms with Crippen molar-refractivity contribution >= 4 is 11.6 Å². The van der Waals surface area contributed by atoms with Gasteiger partial charge in [-0.3, -0.25) is 4.79 Å². The van der Waals surface area contributed by atoms with Crippen molar-refractivity contribution in [1.29, 1.82) is 0 Å². The van der Waals surface area contributed by atoms with Gasteiger partial charge < -0.3 is 15.7 Å². The van der Waals surface area contributed by atoms with Gasteiger partial charge in [-0.2, -0.15) is 0 Å². The largest absolute Gasteiger partial charge is 0.490 e. The minimum atomic E-state index is -0.730.